The van der Waals surface area contributed by atoms with E-state index in [1.807, 2.05) is 4.90 Å². The Labute approximate surface area is 109 Å². The Morgan fingerprint density at radius 1 is 1.44 bits per heavy atom. The standard InChI is InChI=1S/C12H17F2N3S/c1-2-16-4-3-10-9(7-16)15-12(18-10)17-5-8(6-17)11(13)14/h8,11H,2-7H2,1H3. The lowest BCUT2D eigenvalue weighted by Crippen LogP contribution is -2.50. The summed E-state index contributed by atoms with van der Waals surface area (Å²) in [4.78, 5) is 10.3. The minimum Gasteiger partial charge on any atom is -0.347 e. The Morgan fingerprint density at radius 3 is 2.89 bits per heavy atom. The molecule has 3 heterocycles. The molecule has 6 heteroatoms. The van der Waals surface area contributed by atoms with Gasteiger partial charge in [0.05, 0.1) is 11.6 Å². The van der Waals surface area contributed by atoms with Crippen molar-refractivity contribution in [3.63, 3.8) is 0 Å². The van der Waals surface area contributed by atoms with Gasteiger partial charge in [-0.3, -0.25) is 4.90 Å². The van der Waals surface area contributed by atoms with Gasteiger partial charge in [-0.05, 0) is 13.0 Å². The summed E-state index contributed by atoms with van der Waals surface area (Å²) >= 11 is 1.69. The van der Waals surface area contributed by atoms with Crippen LogP contribution in [0.25, 0.3) is 0 Å². The number of fused-ring (bicyclic) bond motifs is 1. The average molecular weight is 273 g/mol. The van der Waals surface area contributed by atoms with Gasteiger partial charge < -0.3 is 4.90 Å². The summed E-state index contributed by atoms with van der Waals surface area (Å²) in [5.41, 5.74) is 1.16. The molecule has 1 fully saturated rings. The van der Waals surface area contributed by atoms with Gasteiger partial charge >= 0.3 is 0 Å². The maximum Gasteiger partial charge on any atom is 0.244 e. The van der Waals surface area contributed by atoms with Crippen molar-refractivity contribution >= 4 is 16.5 Å². The summed E-state index contributed by atoms with van der Waals surface area (Å²) in [5, 5.41) is 0.940. The number of nitrogens with zero attached hydrogens (tertiary/aromatic N) is 3. The molecule has 1 aromatic rings. The third-order valence-electron chi connectivity index (χ3n) is 3.78. The first-order valence-electron chi connectivity index (χ1n) is 6.41. The van der Waals surface area contributed by atoms with Crippen LogP contribution in [0.4, 0.5) is 13.9 Å². The number of anilines is 1. The SMILES string of the molecule is CCN1CCc2sc(N3CC(C(F)F)C3)nc2C1. The normalized spacial score (nSPS) is 21.2. The van der Waals surface area contributed by atoms with Gasteiger partial charge in [-0.2, -0.15) is 0 Å². The van der Waals surface area contributed by atoms with E-state index in [2.05, 4.69) is 16.8 Å². The molecule has 3 rings (SSSR count). The van der Waals surface area contributed by atoms with E-state index in [1.165, 1.54) is 4.88 Å². The van der Waals surface area contributed by atoms with Crippen LogP contribution in [0.3, 0.4) is 0 Å². The molecule has 100 valence electrons. The molecule has 0 N–H and O–H groups in total. The molecular formula is C12H17F2N3S. The van der Waals surface area contributed by atoms with Gasteiger partial charge in [0.2, 0.25) is 6.43 Å². The maximum atomic E-state index is 12.4. The second-order valence-corrected chi connectivity index (χ2v) is 6.05. The average Bonchev–Trinajstić information content (AvgIpc) is 2.68. The number of aromatic nitrogens is 1. The lowest BCUT2D eigenvalue weighted by molar-refractivity contribution is 0.0614. The van der Waals surface area contributed by atoms with Gasteiger partial charge in [-0.15, -0.1) is 11.3 Å². The first-order valence-corrected chi connectivity index (χ1v) is 7.23. The van der Waals surface area contributed by atoms with Crippen LogP contribution in [-0.2, 0) is 13.0 Å². The minimum absolute atomic E-state index is 0.460. The monoisotopic (exact) mass is 273 g/mol. The topological polar surface area (TPSA) is 19.4 Å². The molecule has 0 radical (unpaired) electrons. The molecule has 2 aliphatic heterocycles. The van der Waals surface area contributed by atoms with E-state index in [-0.39, 0.29) is 0 Å². The Hall–Kier alpha value is -0.750. The lowest BCUT2D eigenvalue weighted by atomic mass is 10.0. The van der Waals surface area contributed by atoms with Crippen molar-refractivity contribution < 1.29 is 8.78 Å². The first kappa shape index (κ1) is 12.3. The fourth-order valence-electron chi connectivity index (χ4n) is 2.47. The van der Waals surface area contributed by atoms with Crippen molar-refractivity contribution in [1.82, 2.24) is 9.88 Å². The number of hydrogen-bond acceptors (Lipinski definition) is 4. The summed E-state index contributed by atoms with van der Waals surface area (Å²) in [7, 11) is 0. The summed E-state index contributed by atoms with van der Waals surface area (Å²) in [6.07, 6.45) is -1.14. The van der Waals surface area contributed by atoms with E-state index < -0.39 is 12.3 Å². The van der Waals surface area contributed by atoms with Crippen molar-refractivity contribution in [2.45, 2.75) is 26.3 Å². The Kier molecular flexibility index (Phi) is 3.23. The second-order valence-electron chi connectivity index (χ2n) is 4.98. The third kappa shape index (κ3) is 2.12. The van der Waals surface area contributed by atoms with Crippen LogP contribution in [-0.4, -0.2) is 42.5 Å². The van der Waals surface area contributed by atoms with Crippen molar-refractivity contribution in [3.8, 4) is 0 Å². The molecule has 1 saturated heterocycles. The quantitative estimate of drug-likeness (QED) is 0.842. The van der Waals surface area contributed by atoms with Crippen LogP contribution in [0.2, 0.25) is 0 Å². The van der Waals surface area contributed by atoms with Gasteiger partial charge in [-0.25, -0.2) is 13.8 Å². The zero-order valence-electron chi connectivity index (χ0n) is 10.4. The predicted molar refractivity (Wildman–Crippen MR) is 68.5 cm³/mol. The molecule has 0 spiro atoms. The van der Waals surface area contributed by atoms with E-state index in [0.29, 0.717) is 13.1 Å². The second kappa shape index (κ2) is 4.74. The van der Waals surface area contributed by atoms with Crippen LogP contribution < -0.4 is 4.90 Å². The van der Waals surface area contributed by atoms with Gasteiger partial charge in [-0.1, -0.05) is 6.92 Å². The minimum atomic E-state index is -2.19. The molecule has 0 aromatic carbocycles. The number of hydrogen-bond donors (Lipinski definition) is 0. The Bertz CT molecular complexity index is 429. The molecule has 0 atom stereocenters. The Morgan fingerprint density at radius 2 is 2.22 bits per heavy atom. The van der Waals surface area contributed by atoms with Crippen LogP contribution in [0.1, 0.15) is 17.5 Å². The van der Waals surface area contributed by atoms with Crippen molar-refractivity contribution in [1.29, 1.82) is 0 Å². The summed E-state index contributed by atoms with van der Waals surface area (Å²) < 4.78 is 24.9. The van der Waals surface area contributed by atoms with Gasteiger partial charge in [0.25, 0.3) is 0 Å². The summed E-state index contributed by atoms with van der Waals surface area (Å²) in [5.74, 6) is -0.460. The molecule has 0 unspecified atom stereocenters. The fraction of sp³-hybridized carbons (Fsp3) is 0.750. The van der Waals surface area contributed by atoms with Crippen molar-refractivity contribution in [2.75, 3.05) is 31.1 Å². The largest absolute Gasteiger partial charge is 0.347 e. The lowest BCUT2D eigenvalue weighted by Gasteiger charge is -2.38. The van der Waals surface area contributed by atoms with E-state index in [4.69, 9.17) is 0 Å². The summed E-state index contributed by atoms with van der Waals surface area (Å²) in [6.45, 7) is 6.12. The van der Waals surface area contributed by atoms with E-state index in [0.717, 1.165) is 36.9 Å². The van der Waals surface area contributed by atoms with E-state index in [1.54, 1.807) is 11.3 Å². The zero-order valence-corrected chi connectivity index (χ0v) is 11.2. The zero-order chi connectivity index (χ0) is 12.7. The van der Waals surface area contributed by atoms with Crippen LogP contribution in [0, 0.1) is 5.92 Å². The predicted octanol–water partition coefficient (Wildman–Crippen LogP) is 2.22. The number of likely N-dealkylation sites (N-methyl/N-ethyl adjacent to an activating group) is 1. The highest BCUT2D eigenvalue weighted by atomic mass is 32.1. The number of thiazole rings is 1. The third-order valence-corrected chi connectivity index (χ3v) is 5.00. The van der Waals surface area contributed by atoms with Gasteiger partial charge in [0.1, 0.15) is 0 Å². The van der Waals surface area contributed by atoms with Crippen LogP contribution in [0.15, 0.2) is 0 Å². The molecular weight excluding hydrogens is 256 g/mol. The van der Waals surface area contributed by atoms with Crippen molar-refractivity contribution in [2.24, 2.45) is 5.92 Å². The fourth-order valence-corrected chi connectivity index (χ4v) is 3.55. The van der Waals surface area contributed by atoms with Crippen molar-refractivity contribution in [3.05, 3.63) is 10.6 Å². The number of halogens is 2. The molecule has 3 nitrogen and oxygen atoms in total. The molecule has 1 aromatic heterocycles. The molecule has 0 aliphatic carbocycles. The first-order chi connectivity index (χ1) is 8.67. The van der Waals surface area contributed by atoms with E-state index in [9.17, 15) is 8.78 Å². The highest BCUT2D eigenvalue weighted by molar-refractivity contribution is 7.15. The molecule has 0 saturated carbocycles. The molecule has 18 heavy (non-hydrogen) atoms. The molecule has 2 aliphatic rings. The molecule has 0 bridgehead atoms. The van der Waals surface area contributed by atoms with Gasteiger partial charge in [0.15, 0.2) is 5.13 Å². The van der Waals surface area contributed by atoms with Gasteiger partial charge in [0, 0.05) is 31.1 Å². The highest BCUT2D eigenvalue weighted by Gasteiger charge is 2.36. The van der Waals surface area contributed by atoms with Crippen LogP contribution >= 0.6 is 11.3 Å². The number of alkyl halides is 2. The smallest absolute Gasteiger partial charge is 0.244 e. The number of rotatable bonds is 3. The summed E-state index contributed by atoms with van der Waals surface area (Å²) in [6, 6.07) is 0. The highest BCUT2D eigenvalue weighted by Crippen LogP contribution is 2.35. The molecule has 0 amide bonds. The van der Waals surface area contributed by atoms with E-state index >= 15 is 0 Å². The van der Waals surface area contributed by atoms with Crippen LogP contribution in [0.5, 0.6) is 0 Å². The Balaban J connectivity index is 1.68. The maximum absolute atomic E-state index is 12.4.